The Morgan fingerprint density at radius 2 is 2.29 bits per heavy atom. The van der Waals surface area contributed by atoms with Crippen LogP contribution in [0.4, 0.5) is 4.39 Å². The van der Waals surface area contributed by atoms with Crippen molar-refractivity contribution in [3.63, 3.8) is 0 Å². The summed E-state index contributed by atoms with van der Waals surface area (Å²) < 4.78 is 13.3. The topological polar surface area (TPSA) is 44.0 Å². The highest BCUT2D eigenvalue weighted by Crippen LogP contribution is 2.21. The van der Waals surface area contributed by atoms with Crippen molar-refractivity contribution >= 4 is 0 Å². The summed E-state index contributed by atoms with van der Waals surface area (Å²) in [5.74, 6) is -0.509. The van der Waals surface area contributed by atoms with Crippen molar-refractivity contribution in [1.82, 2.24) is 0 Å². The molecule has 0 spiro atoms. The lowest BCUT2D eigenvalue weighted by Crippen LogP contribution is -2.00. The van der Waals surface area contributed by atoms with Crippen LogP contribution in [-0.2, 0) is 0 Å². The predicted octanol–water partition coefficient (Wildman–Crippen LogP) is 2.53. The standard InChI is InChI=1S/C11H12FNO/c1-2-3-11(14)9-5-4-8(7-13)6-10(9)12/h4-6,11,14H,2-3H2,1H3. The van der Waals surface area contributed by atoms with Crippen LogP contribution in [0.15, 0.2) is 18.2 Å². The van der Waals surface area contributed by atoms with Crippen LogP contribution in [0.25, 0.3) is 0 Å². The Labute approximate surface area is 82.6 Å². The van der Waals surface area contributed by atoms with Crippen molar-refractivity contribution in [3.05, 3.63) is 35.1 Å². The molecule has 1 aromatic carbocycles. The summed E-state index contributed by atoms with van der Waals surface area (Å²) in [5, 5.41) is 18.1. The highest BCUT2D eigenvalue weighted by Gasteiger charge is 2.11. The maximum Gasteiger partial charge on any atom is 0.130 e. The van der Waals surface area contributed by atoms with Crippen molar-refractivity contribution < 1.29 is 9.50 Å². The largest absolute Gasteiger partial charge is 0.388 e. The zero-order valence-corrected chi connectivity index (χ0v) is 8.00. The second-order valence-corrected chi connectivity index (χ2v) is 3.15. The summed E-state index contributed by atoms with van der Waals surface area (Å²) in [4.78, 5) is 0. The SMILES string of the molecule is CCCC(O)c1ccc(C#N)cc1F. The first-order chi connectivity index (χ1) is 6.69. The average molecular weight is 193 g/mol. The first-order valence-corrected chi connectivity index (χ1v) is 4.56. The lowest BCUT2D eigenvalue weighted by molar-refractivity contribution is 0.162. The Hall–Kier alpha value is -1.40. The Kier molecular flexibility index (Phi) is 3.61. The molecule has 2 nitrogen and oxygen atoms in total. The predicted molar refractivity (Wildman–Crippen MR) is 51.0 cm³/mol. The molecule has 0 bridgehead atoms. The van der Waals surface area contributed by atoms with Crippen LogP contribution in [0.2, 0.25) is 0 Å². The molecule has 3 heteroatoms. The number of nitrogens with zero attached hydrogens (tertiary/aromatic N) is 1. The monoisotopic (exact) mass is 193 g/mol. The Balaban J connectivity index is 2.95. The van der Waals surface area contributed by atoms with Gasteiger partial charge in [-0.15, -0.1) is 0 Å². The normalized spacial score (nSPS) is 12.1. The van der Waals surface area contributed by atoms with Gasteiger partial charge in [0.15, 0.2) is 0 Å². The minimum absolute atomic E-state index is 0.269. The second-order valence-electron chi connectivity index (χ2n) is 3.15. The van der Waals surface area contributed by atoms with Crippen molar-refractivity contribution in [2.24, 2.45) is 0 Å². The minimum atomic E-state index is -0.771. The number of benzene rings is 1. The van der Waals surface area contributed by atoms with E-state index >= 15 is 0 Å². The van der Waals surface area contributed by atoms with Crippen LogP contribution >= 0.6 is 0 Å². The zero-order chi connectivity index (χ0) is 10.6. The van der Waals surface area contributed by atoms with E-state index in [2.05, 4.69) is 0 Å². The highest BCUT2D eigenvalue weighted by molar-refractivity contribution is 5.33. The molecule has 0 heterocycles. The van der Waals surface area contributed by atoms with Gasteiger partial charge < -0.3 is 5.11 Å². The van der Waals surface area contributed by atoms with Crippen molar-refractivity contribution in [2.75, 3.05) is 0 Å². The van der Waals surface area contributed by atoms with E-state index in [1.54, 1.807) is 0 Å². The van der Waals surface area contributed by atoms with Gasteiger partial charge in [0, 0.05) is 5.56 Å². The fourth-order valence-corrected chi connectivity index (χ4v) is 1.30. The third-order valence-corrected chi connectivity index (χ3v) is 2.05. The Morgan fingerprint density at radius 1 is 1.57 bits per heavy atom. The molecule has 0 amide bonds. The van der Waals surface area contributed by atoms with E-state index in [9.17, 15) is 9.50 Å². The van der Waals surface area contributed by atoms with E-state index in [0.717, 1.165) is 12.5 Å². The van der Waals surface area contributed by atoms with E-state index in [1.807, 2.05) is 13.0 Å². The average Bonchev–Trinajstić information content (AvgIpc) is 2.17. The molecule has 0 aliphatic rings. The summed E-state index contributed by atoms with van der Waals surface area (Å²) in [6, 6.07) is 5.97. The first-order valence-electron chi connectivity index (χ1n) is 4.56. The molecule has 1 N–H and O–H groups in total. The molecule has 0 aromatic heterocycles. The van der Waals surface area contributed by atoms with Crippen LogP contribution < -0.4 is 0 Å². The Morgan fingerprint density at radius 3 is 2.79 bits per heavy atom. The highest BCUT2D eigenvalue weighted by atomic mass is 19.1. The van der Waals surface area contributed by atoms with Gasteiger partial charge in [-0.05, 0) is 18.6 Å². The molecule has 74 valence electrons. The van der Waals surface area contributed by atoms with Crippen LogP contribution in [0.3, 0.4) is 0 Å². The third-order valence-electron chi connectivity index (χ3n) is 2.05. The van der Waals surface area contributed by atoms with Gasteiger partial charge in [-0.1, -0.05) is 19.4 Å². The van der Waals surface area contributed by atoms with E-state index in [0.29, 0.717) is 6.42 Å². The van der Waals surface area contributed by atoms with Gasteiger partial charge >= 0.3 is 0 Å². The summed E-state index contributed by atoms with van der Waals surface area (Å²) in [6.07, 6.45) is 0.552. The number of aliphatic hydroxyl groups is 1. The van der Waals surface area contributed by atoms with Gasteiger partial charge in [0.05, 0.1) is 17.7 Å². The second kappa shape index (κ2) is 4.73. The molecule has 1 atom stereocenters. The van der Waals surface area contributed by atoms with Gasteiger partial charge in [-0.2, -0.15) is 5.26 Å². The number of halogens is 1. The van der Waals surface area contributed by atoms with Gasteiger partial charge in [0.1, 0.15) is 5.82 Å². The molecule has 14 heavy (non-hydrogen) atoms. The molecule has 0 radical (unpaired) electrons. The van der Waals surface area contributed by atoms with Gasteiger partial charge in [0.2, 0.25) is 0 Å². The third kappa shape index (κ3) is 2.30. The van der Waals surface area contributed by atoms with Crippen molar-refractivity contribution in [1.29, 1.82) is 5.26 Å². The number of hydrogen-bond acceptors (Lipinski definition) is 2. The summed E-state index contributed by atoms with van der Waals surface area (Å²) in [6.45, 7) is 1.92. The molecule has 0 saturated carbocycles. The molecular formula is C11H12FNO. The van der Waals surface area contributed by atoms with E-state index < -0.39 is 11.9 Å². The van der Waals surface area contributed by atoms with E-state index in [1.165, 1.54) is 12.1 Å². The quantitative estimate of drug-likeness (QED) is 0.801. The molecule has 0 aliphatic heterocycles. The van der Waals surface area contributed by atoms with Gasteiger partial charge in [-0.25, -0.2) is 4.39 Å². The number of aliphatic hydroxyl groups excluding tert-OH is 1. The van der Waals surface area contributed by atoms with Crippen LogP contribution in [0, 0.1) is 17.1 Å². The molecule has 0 saturated heterocycles. The molecule has 0 fully saturated rings. The van der Waals surface area contributed by atoms with Crippen LogP contribution in [-0.4, -0.2) is 5.11 Å². The summed E-state index contributed by atoms with van der Waals surface area (Å²) >= 11 is 0. The smallest absolute Gasteiger partial charge is 0.130 e. The van der Waals surface area contributed by atoms with Crippen LogP contribution in [0.5, 0.6) is 0 Å². The molecule has 1 unspecified atom stereocenters. The lowest BCUT2D eigenvalue weighted by Gasteiger charge is -2.10. The maximum atomic E-state index is 13.3. The molecular weight excluding hydrogens is 181 g/mol. The van der Waals surface area contributed by atoms with E-state index in [-0.39, 0.29) is 11.1 Å². The van der Waals surface area contributed by atoms with Crippen molar-refractivity contribution in [3.8, 4) is 6.07 Å². The summed E-state index contributed by atoms with van der Waals surface area (Å²) in [5.41, 5.74) is 0.542. The molecule has 0 aliphatic carbocycles. The number of nitriles is 1. The van der Waals surface area contributed by atoms with E-state index in [4.69, 9.17) is 5.26 Å². The van der Waals surface area contributed by atoms with Crippen LogP contribution in [0.1, 0.15) is 37.0 Å². The lowest BCUT2D eigenvalue weighted by atomic mass is 10.0. The van der Waals surface area contributed by atoms with Crippen molar-refractivity contribution in [2.45, 2.75) is 25.9 Å². The number of rotatable bonds is 3. The molecule has 1 rings (SSSR count). The number of hydrogen-bond donors (Lipinski definition) is 1. The fourth-order valence-electron chi connectivity index (χ4n) is 1.30. The molecule has 1 aromatic rings. The first kappa shape index (κ1) is 10.7. The summed E-state index contributed by atoms with van der Waals surface area (Å²) in [7, 11) is 0. The van der Waals surface area contributed by atoms with Gasteiger partial charge in [-0.3, -0.25) is 0 Å². The van der Waals surface area contributed by atoms with Gasteiger partial charge in [0.25, 0.3) is 0 Å². The Bertz CT molecular complexity index is 357. The maximum absolute atomic E-state index is 13.3. The fraction of sp³-hybridized carbons (Fsp3) is 0.364. The zero-order valence-electron chi connectivity index (χ0n) is 8.00. The minimum Gasteiger partial charge on any atom is -0.388 e.